The van der Waals surface area contributed by atoms with Crippen LogP contribution in [0.2, 0.25) is 0 Å². The second kappa shape index (κ2) is 22.7. The smallest absolute Gasteiger partial charge is 1.00 e. The Kier molecular flexibility index (Phi) is 143. The number of hydrogen-bond donors (Lipinski definition) is 0. The van der Waals surface area contributed by atoms with Gasteiger partial charge in [-0.3, -0.25) is 0 Å². The fraction of sp³-hybridized carbons (Fsp3) is 0. The zero-order valence-corrected chi connectivity index (χ0v) is 13.8. The summed E-state index contributed by atoms with van der Waals surface area (Å²) >= 11 is 0. The summed E-state index contributed by atoms with van der Waals surface area (Å²) in [5, 5.41) is 0. The third-order valence-corrected chi connectivity index (χ3v) is 0. The van der Waals surface area contributed by atoms with Crippen molar-refractivity contribution in [3.05, 3.63) is 0 Å². The minimum atomic E-state index is 0. The van der Waals surface area contributed by atoms with E-state index in [1.54, 1.807) is 0 Å². The Morgan fingerprint density at radius 2 is 0.600 bits per heavy atom. The van der Waals surface area contributed by atoms with E-state index in [1.165, 1.54) is 0 Å². The van der Waals surface area contributed by atoms with Crippen molar-refractivity contribution in [2.75, 3.05) is 0 Å². The Morgan fingerprint density at radius 1 is 0.600 bits per heavy atom. The molecule has 0 aliphatic rings. The van der Waals surface area contributed by atoms with E-state index in [4.69, 9.17) is 0 Å². The SMILES string of the molecule is P.[Ca+2].[Ca+2].[Ca+2].[Ca+2].[H-].[H-].[H-].[H-].[H-].[H-].[H-].[H-]. The van der Waals surface area contributed by atoms with Gasteiger partial charge in [-0.1, -0.05) is 0 Å². The van der Waals surface area contributed by atoms with Crippen LogP contribution in [0.25, 0.3) is 0 Å². The van der Waals surface area contributed by atoms with Crippen molar-refractivity contribution in [1.29, 1.82) is 0 Å². The summed E-state index contributed by atoms with van der Waals surface area (Å²) in [6.07, 6.45) is 0. The molecule has 0 N–H and O–H groups in total. The largest absolute Gasteiger partial charge is 2.00 e. The maximum atomic E-state index is 0. The molecule has 0 aromatic heterocycles. The molecule has 1 unspecified atom stereocenters. The van der Waals surface area contributed by atoms with Gasteiger partial charge in [0.05, 0.1) is 0 Å². The molecule has 0 bridgehead atoms. The van der Waals surface area contributed by atoms with Crippen molar-refractivity contribution in [3.63, 3.8) is 0 Å². The Balaban J connectivity index is 0. The second-order valence-corrected chi connectivity index (χ2v) is 0. The summed E-state index contributed by atoms with van der Waals surface area (Å²) in [5.74, 6) is 0. The van der Waals surface area contributed by atoms with Crippen molar-refractivity contribution in [1.82, 2.24) is 0 Å². The van der Waals surface area contributed by atoms with E-state index in [9.17, 15) is 0 Å². The van der Waals surface area contributed by atoms with Crippen LogP contribution in [-0.2, 0) is 0 Å². The van der Waals surface area contributed by atoms with Crippen LogP contribution in [0.15, 0.2) is 0 Å². The van der Waals surface area contributed by atoms with Gasteiger partial charge < -0.3 is 11.4 Å². The minimum absolute atomic E-state index is 0. The molecule has 1 atom stereocenters. The fourth-order valence-corrected chi connectivity index (χ4v) is 0. The van der Waals surface area contributed by atoms with Crippen LogP contribution in [0.4, 0.5) is 0 Å². The maximum absolute atomic E-state index is 0. The second-order valence-electron chi connectivity index (χ2n) is 0. The quantitative estimate of drug-likeness (QED) is 0.365. The van der Waals surface area contributed by atoms with Crippen molar-refractivity contribution in [2.45, 2.75) is 0 Å². The monoisotopic (exact) mass is 202 g/mol. The average molecular weight is 202 g/mol. The molecule has 0 amide bonds. The van der Waals surface area contributed by atoms with Crippen molar-refractivity contribution in [2.24, 2.45) is 0 Å². The van der Waals surface area contributed by atoms with Crippen LogP contribution >= 0.6 is 9.90 Å². The van der Waals surface area contributed by atoms with Crippen molar-refractivity contribution < 1.29 is 11.4 Å². The third kappa shape index (κ3) is 17.7. The van der Waals surface area contributed by atoms with E-state index < -0.39 is 0 Å². The summed E-state index contributed by atoms with van der Waals surface area (Å²) in [6.45, 7) is 0. The van der Waals surface area contributed by atoms with E-state index in [-0.39, 0.29) is 172 Å². The van der Waals surface area contributed by atoms with Gasteiger partial charge in [-0.05, 0) is 0 Å². The number of hydrogen-bond acceptors (Lipinski definition) is 0. The Morgan fingerprint density at radius 3 is 0.600 bits per heavy atom. The van der Waals surface area contributed by atoms with Crippen LogP contribution in [0, 0.1) is 0 Å². The normalized spacial score (nSPS) is 0. The van der Waals surface area contributed by atoms with Gasteiger partial charge in [-0.25, -0.2) is 0 Å². The first-order valence-corrected chi connectivity index (χ1v) is 0. The molecule has 0 aliphatic carbocycles. The molecule has 0 fully saturated rings. The van der Waals surface area contributed by atoms with Crippen molar-refractivity contribution in [3.8, 4) is 0 Å². The van der Waals surface area contributed by atoms with E-state index >= 15 is 0 Å². The topological polar surface area (TPSA) is 0 Å². The van der Waals surface area contributed by atoms with Gasteiger partial charge in [0, 0.05) is 0 Å². The van der Waals surface area contributed by atoms with E-state index in [0.717, 1.165) is 0 Å². The van der Waals surface area contributed by atoms with Gasteiger partial charge in [0.25, 0.3) is 0 Å². The van der Waals surface area contributed by atoms with Crippen LogP contribution in [-0.4, -0.2) is 151 Å². The summed E-state index contributed by atoms with van der Waals surface area (Å²) in [4.78, 5) is 0. The average Bonchev–Trinajstić information content (AvgIpc) is 0. The third-order valence-electron chi connectivity index (χ3n) is 0. The van der Waals surface area contributed by atoms with Gasteiger partial charge in [-0.15, -0.1) is 0 Å². The molecule has 0 saturated heterocycles. The molecular weight excluding hydrogens is 191 g/mol. The van der Waals surface area contributed by atoms with Crippen LogP contribution in [0.3, 0.4) is 0 Å². The Bertz CT molecular complexity index is 16.1. The minimum Gasteiger partial charge on any atom is -1.00 e. The molecule has 0 heterocycles. The van der Waals surface area contributed by atoms with Gasteiger partial charge >= 0.3 is 151 Å². The zero-order valence-electron chi connectivity index (χ0n) is 11.5. The van der Waals surface area contributed by atoms with Crippen molar-refractivity contribution >= 4 is 161 Å². The molecule has 5 heteroatoms. The molecule has 0 nitrogen and oxygen atoms in total. The summed E-state index contributed by atoms with van der Waals surface area (Å²) in [7, 11) is 0. The summed E-state index contributed by atoms with van der Waals surface area (Å²) in [5.41, 5.74) is 0. The molecular formula is H11Ca4P. The van der Waals surface area contributed by atoms with Gasteiger partial charge in [0.2, 0.25) is 0 Å². The molecule has 0 aliphatic heterocycles. The fourth-order valence-electron chi connectivity index (χ4n) is 0. The Labute approximate surface area is 167 Å². The first-order chi connectivity index (χ1) is 0. The first kappa shape index (κ1) is 31.4. The van der Waals surface area contributed by atoms with Crippen LogP contribution in [0.5, 0.6) is 0 Å². The van der Waals surface area contributed by atoms with Gasteiger partial charge in [0.15, 0.2) is 0 Å². The van der Waals surface area contributed by atoms with Crippen LogP contribution in [0.1, 0.15) is 11.4 Å². The zero-order chi connectivity index (χ0) is 0. The molecule has 0 spiro atoms. The predicted molar refractivity (Wildman–Crippen MR) is 43.0 cm³/mol. The van der Waals surface area contributed by atoms with Gasteiger partial charge in [0.1, 0.15) is 0 Å². The Hall–Kier alpha value is 5.47. The molecule has 0 aromatic carbocycles. The van der Waals surface area contributed by atoms with E-state index in [1.807, 2.05) is 0 Å². The summed E-state index contributed by atoms with van der Waals surface area (Å²) in [6, 6.07) is 0. The maximum Gasteiger partial charge on any atom is 2.00 e. The standard InChI is InChI=1S/4Ca.H3P.8H/h;;;;1H3;;;;;;;;/q4*+2;;8*-1. The van der Waals surface area contributed by atoms with E-state index in [2.05, 4.69) is 0 Å². The first-order valence-electron chi connectivity index (χ1n) is 0. The molecule has 0 rings (SSSR count). The molecule has 0 aromatic rings. The predicted octanol–water partition coefficient (Wildman–Crippen LogP) is -0.565. The van der Waals surface area contributed by atoms with Gasteiger partial charge in [-0.2, -0.15) is 9.90 Å². The van der Waals surface area contributed by atoms with Crippen LogP contribution < -0.4 is 0 Å². The van der Waals surface area contributed by atoms with E-state index in [0.29, 0.717) is 0 Å². The number of rotatable bonds is 0. The molecule has 0 saturated carbocycles. The summed E-state index contributed by atoms with van der Waals surface area (Å²) < 4.78 is 0. The molecule has 24 valence electrons. The molecule has 0 radical (unpaired) electrons. The molecule has 5 heavy (non-hydrogen) atoms.